The van der Waals surface area contributed by atoms with Gasteiger partial charge in [0.15, 0.2) is 0 Å². The third kappa shape index (κ3) is 4.27. The molecule has 1 aromatic carbocycles. The molecular formula is C16H19FN2O2S. The molecule has 4 nitrogen and oxygen atoms in total. The zero-order chi connectivity index (χ0) is 16.3. The molecule has 1 aromatic heterocycles. The molecule has 118 valence electrons. The van der Waals surface area contributed by atoms with Crippen LogP contribution in [0.25, 0.3) is 11.3 Å². The van der Waals surface area contributed by atoms with E-state index in [9.17, 15) is 9.18 Å². The van der Waals surface area contributed by atoms with E-state index in [1.807, 2.05) is 20.8 Å². The van der Waals surface area contributed by atoms with Crippen molar-refractivity contribution in [2.75, 3.05) is 7.05 Å². The Labute approximate surface area is 133 Å². The molecule has 0 aliphatic carbocycles. The number of amides is 1. The Morgan fingerprint density at radius 2 is 2.05 bits per heavy atom. The van der Waals surface area contributed by atoms with Gasteiger partial charge in [-0.2, -0.15) is 0 Å². The Morgan fingerprint density at radius 1 is 1.36 bits per heavy atom. The van der Waals surface area contributed by atoms with Crippen LogP contribution in [0.15, 0.2) is 29.6 Å². The van der Waals surface area contributed by atoms with E-state index in [0.717, 1.165) is 5.01 Å². The lowest BCUT2D eigenvalue weighted by atomic mass is 10.2. The van der Waals surface area contributed by atoms with Crippen molar-refractivity contribution in [2.24, 2.45) is 0 Å². The molecule has 22 heavy (non-hydrogen) atoms. The number of aromatic nitrogens is 1. The molecular weight excluding hydrogens is 303 g/mol. The largest absolute Gasteiger partial charge is 0.444 e. The van der Waals surface area contributed by atoms with E-state index in [0.29, 0.717) is 17.8 Å². The lowest BCUT2D eigenvalue weighted by Gasteiger charge is -2.24. The molecule has 2 aromatic rings. The molecule has 0 N–H and O–H groups in total. The van der Waals surface area contributed by atoms with Gasteiger partial charge < -0.3 is 9.64 Å². The lowest BCUT2D eigenvalue weighted by molar-refractivity contribution is 0.0285. The SMILES string of the molecule is CN(Cc1nc(-c2ccccc2F)cs1)C(=O)OC(C)(C)C. The summed E-state index contributed by atoms with van der Waals surface area (Å²) in [5.41, 5.74) is 0.507. The fourth-order valence-electron chi connectivity index (χ4n) is 1.78. The summed E-state index contributed by atoms with van der Waals surface area (Å²) in [6.45, 7) is 5.78. The van der Waals surface area contributed by atoms with Gasteiger partial charge in [0.05, 0.1) is 12.2 Å². The minimum atomic E-state index is -0.535. The minimum absolute atomic E-state index is 0.306. The van der Waals surface area contributed by atoms with Crippen LogP contribution in [0, 0.1) is 5.82 Å². The van der Waals surface area contributed by atoms with Crippen LogP contribution in [0.4, 0.5) is 9.18 Å². The molecule has 0 atom stereocenters. The van der Waals surface area contributed by atoms with E-state index in [1.165, 1.54) is 22.3 Å². The standard InChI is InChI=1S/C16H19FN2O2S/c1-16(2,3)21-15(20)19(4)9-14-18-13(10-22-14)11-7-5-6-8-12(11)17/h5-8,10H,9H2,1-4H3. The number of halogens is 1. The summed E-state index contributed by atoms with van der Waals surface area (Å²) < 4.78 is 19.0. The molecule has 0 aliphatic heterocycles. The van der Waals surface area contributed by atoms with Gasteiger partial charge in [0.1, 0.15) is 16.4 Å². The Morgan fingerprint density at radius 3 is 2.68 bits per heavy atom. The average Bonchev–Trinajstić information content (AvgIpc) is 2.85. The number of carbonyl (C=O) groups excluding carboxylic acids is 1. The maximum Gasteiger partial charge on any atom is 0.410 e. The molecule has 0 fully saturated rings. The number of hydrogen-bond donors (Lipinski definition) is 0. The van der Waals surface area contributed by atoms with Gasteiger partial charge >= 0.3 is 6.09 Å². The molecule has 0 saturated heterocycles. The maximum atomic E-state index is 13.7. The maximum absolute atomic E-state index is 13.7. The Bertz CT molecular complexity index is 664. The number of nitrogens with zero attached hydrogens (tertiary/aromatic N) is 2. The Hall–Kier alpha value is -1.95. The number of rotatable bonds is 3. The summed E-state index contributed by atoms with van der Waals surface area (Å²) in [7, 11) is 1.65. The summed E-state index contributed by atoms with van der Waals surface area (Å²) in [5.74, 6) is -0.306. The van der Waals surface area contributed by atoms with E-state index in [4.69, 9.17) is 4.74 Å². The normalized spacial score (nSPS) is 11.3. The number of thiazole rings is 1. The molecule has 0 spiro atoms. The van der Waals surface area contributed by atoms with Gasteiger partial charge in [-0.25, -0.2) is 14.2 Å². The molecule has 1 heterocycles. The second-order valence-corrected chi connectivity index (χ2v) is 6.89. The number of hydrogen-bond acceptors (Lipinski definition) is 4. The first kappa shape index (κ1) is 16.4. The van der Waals surface area contributed by atoms with Crippen molar-refractivity contribution >= 4 is 17.4 Å². The molecule has 0 aliphatic rings. The highest BCUT2D eigenvalue weighted by atomic mass is 32.1. The van der Waals surface area contributed by atoms with Gasteiger partial charge in [-0.1, -0.05) is 12.1 Å². The Kier molecular flexibility index (Phi) is 4.81. The van der Waals surface area contributed by atoms with Crippen LogP contribution in [0.1, 0.15) is 25.8 Å². The van der Waals surface area contributed by atoms with Gasteiger partial charge in [-0.05, 0) is 32.9 Å². The monoisotopic (exact) mass is 322 g/mol. The van der Waals surface area contributed by atoms with Crippen molar-refractivity contribution in [1.82, 2.24) is 9.88 Å². The second kappa shape index (κ2) is 6.44. The molecule has 0 radical (unpaired) electrons. The highest BCUT2D eigenvalue weighted by Gasteiger charge is 2.20. The van der Waals surface area contributed by atoms with E-state index in [2.05, 4.69) is 4.98 Å². The number of ether oxygens (including phenoxy) is 1. The minimum Gasteiger partial charge on any atom is -0.444 e. The van der Waals surface area contributed by atoms with Gasteiger partial charge in [0, 0.05) is 18.0 Å². The van der Waals surface area contributed by atoms with Crippen molar-refractivity contribution in [3.8, 4) is 11.3 Å². The topological polar surface area (TPSA) is 42.4 Å². The molecule has 1 amide bonds. The van der Waals surface area contributed by atoms with E-state index < -0.39 is 11.7 Å². The first-order chi connectivity index (χ1) is 10.3. The van der Waals surface area contributed by atoms with Crippen LogP contribution in [-0.2, 0) is 11.3 Å². The van der Waals surface area contributed by atoms with Crippen LogP contribution < -0.4 is 0 Å². The van der Waals surface area contributed by atoms with Crippen molar-refractivity contribution in [3.63, 3.8) is 0 Å². The van der Waals surface area contributed by atoms with Crippen molar-refractivity contribution in [2.45, 2.75) is 32.9 Å². The summed E-state index contributed by atoms with van der Waals surface area (Å²) in [6, 6.07) is 6.50. The van der Waals surface area contributed by atoms with Crippen molar-refractivity contribution < 1.29 is 13.9 Å². The first-order valence-electron chi connectivity index (χ1n) is 6.90. The van der Waals surface area contributed by atoms with Gasteiger partial charge in [0.2, 0.25) is 0 Å². The zero-order valence-corrected chi connectivity index (χ0v) is 13.9. The highest BCUT2D eigenvalue weighted by molar-refractivity contribution is 7.09. The lowest BCUT2D eigenvalue weighted by Crippen LogP contribution is -2.33. The van der Waals surface area contributed by atoms with Crippen LogP contribution >= 0.6 is 11.3 Å². The second-order valence-electron chi connectivity index (χ2n) is 5.94. The highest BCUT2D eigenvalue weighted by Crippen LogP contribution is 2.25. The summed E-state index contributed by atoms with van der Waals surface area (Å²) >= 11 is 1.39. The summed E-state index contributed by atoms with van der Waals surface area (Å²) in [6.07, 6.45) is -0.407. The van der Waals surface area contributed by atoms with E-state index in [1.54, 1.807) is 30.6 Å². The summed E-state index contributed by atoms with van der Waals surface area (Å²) in [5, 5.41) is 2.52. The van der Waals surface area contributed by atoms with E-state index >= 15 is 0 Å². The Balaban J connectivity index is 2.06. The van der Waals surface area contributed by atoms with Gasteiger partial charge in [-0.3, -0.25) is 0 Å². The molecule has 2 rings (SSSR count). The third-order valence-corrected chi connectivity index (χ3v) is 3.61. The van der Waals surface area contributed by atoms with Crippen LogP contribution in [-0.4, -0.2) is 28.6 Å². The predicted octanol–water partition coefficient (Wildman–Crippen LogP) is 4.32. The predicted molar refractivity (Wildman–Crippen MR) is 85.2 cm³/mol. The number of benzene rings is 1. The van der Waals surface area contributed by atoms with Crippen LogP contribution in [0.5, 0.6) is 0 Å². The molecule has 0 unspecified atom stereocenters. The first-order valence-corrected chi connectivity index (χ1v) is 7.77. The molecule has 6 heteroatoms. The quantitative estimate of drug-likeness (QED) is 0.845. The van der Waals surface area contributed by atoms with Crippen LogP contribution in [0.2, 0.25) is 0 Å². The van der Waals surface area contributed by atoms with Gasteiger partial charge in [-0.15, -0.1) is 11.3 Å². The fourth-order valence-corrected chi connectivity index (χ4v) is 2.63. The average molecular weight is 322 g/mol. The number of carbonyl (C=O) groups is 1. The van der Waals surface area contributed by atoms with Crippen LogP contribution in [0.3, 0.4) is 0 Å². The smallest absolute Gasteiger partial charge is 0.410 e. The summed E-state index contributed by atoms with van der Waals surface area (Å²) in [4.78, 5) is 17.8. The van der Waals surface area contributed by atoms with Gasteiger partial charge in [0.25, 0.3) is 0 Å². The molecule has 0 saturated carbocycles. The third-order valence-electron chi connectivity index (χ3n) is 2.78. The zero-order valence-electron chi connectivity index (χ0n) is 13.1. The molecule has 0 bridgehead atoms. The fraction of sp³-hybridized carbons (Fsp3) is 0.375. The van der Waals surface area contributed by atoms with Crippen molar-refractivity contribution in [1.29, 1.82) is 0 Å². The van der Waals surface area contributed by atoms with E-state index in [-0.39, 0.29) is 5.82 Å². The van der Waals surface area contributed by atoms with Crippen molar-refractivity contribution in [3.05, 3.63) is 40.5 Å².